The van der Waals surface area contributed by atoms with E-state index in [1.807, 2.05) is 41.3 Å². The molecule has 0 bridgehead atoms. The van der Waals surface area contributed by atoms with Crippen molar-refractivity contribution in [2.45, 2.75) is 44.4 Å². The summed E-state index contributed by atoms with van der Waals surface area (Å²) in [6.45, 7) is 3.92. The molecule has 1 aromatic heterocycles. The first kappa shape index (κ1) is 25.4. The van der Waals surface area contributed by atoms with Gasteiger partial charge in [0.2, 0.25) is 5.95 Å². The van der Waals surface area contributed by atoms with Gasteiger partial charge in [-0.2, -0.15) is 0 Å². The van der Waals surface area contributed by atoms with Crippen LogP contribution in [0.3, 0.4) is 0 Å². The summed E-state index contributed by atoms with van der Waals surface area (Å²) >= 11 is 1.64. The molecule has 0 radical (unpaired) electrons. The lowest BCUT2D eigenvalue weighted by Gasteiger charge is -2.32. The number of benzene rings is 2. The number of nitrogens with one attached hydrogen (secondary N) is 2. The Morgan fingerprint density at radius 1 is 1.08 bits per heavy atom. The van der Waals surface area contributed by atoms with Crippen LogP contribution in [0.15, 0.2) is 83.0 Å². The number of nitrogens with zero attached hydrogens (tertiary/aromatic N) is 5. The SMILES string of the molecule is CC1=CN2C(=NC(c3ccc(F)cc3)C2c2ccnc(NC3CCN(C(=O)NCc4ccccc4)CC3)n2)S1. The fraction of sp³-hybridized carbons (Fsp3) is 0.310. The molecule has 10 heteroatoms. The fourth-order valence-electron chi connectivity index (χ4n) is 5.23. The van der Waals surface area contributed by atoms with Crippen LogP contribution in [0.1, 0.15) is 48.7 Å². The van der Waals surface area contributed by atoms with Gasteiger partial charge in [0.1, 0.15) is 17.9 Å². The Balaban J connectivity index is 1.10. The number of aliphatic imine (C=N–C) groups is 1. The number of rotatable bonds is 6. The smallest absolute Gasteiger partial charge is 0.317 e. The van der Waals surface area contributed by atoms with Crippen molar-refractivity contribution in [1.82, 2.24) is 25.1 Å². The van der Waals surface area contributed by atoms with Gasteiger partial charge in [-0.25, -0.2) is 19.2 Å². The quantitative estimate of drug-likeness (QED) is 0.429. The highest BCUT2D eigenvalue weighted by Crippen LogP contribution is 2.48. The molecule has 1 saturated heterocycles. The number of thioether (sulfide) groups is 1. The van der Waals surface area contributed by atoms with Crippen molar-refractivity contribution in [2.75, 3.05) is 18.4 Å². The number of hydrogen-bond acceptors (Lipinski definition) is 7. The van der Waals surface area contributed by atoms with Gasteiger partial charge in [-0.3, -0.25) is 4.99 Å². The lowest BCUT2D eigenvalue weighted by molar-refractivity contribution is 0.183. The Bertz CT molecular complexity index is 1390. The Morgan fingerprint density at radius 2 is 1.85 bits per heavy atom. The molecular weight excluding hydrogens is 513 g/mol. The van der Waals surface area contributed by atoms with Gasteiger partial charge in [-0.1, -0.05) is 54.2 Å². The van der Waals surface area contributed by atoms with Gasteiger partial charge in [-0.05, 0) is 49.1 Å². The number of amidine groups is 1. The topological polar surface area (TPSA) is 85.8 Å². The molecule has 3 aromatic rings. The van der Waals surface area contributed by atoms with E-state index in [9.17, 15) is 9.18 Å². The standard InChI is InChI=1S/C29H30FN7OS/c1-19-18-37-26(25(35-29(37)39-19)21-7-9-22(30)10-8-21)24-11-14-31-27(34-24)33-23-12-15-36(16-13-23)28(38)32-17-20-5-3-2-4-6-20/h2-11,14,18,23,25-26H,12-13,15-17H2,1H3,(H,32,38)(H,31,33,34). The average Bonchev–Trinajstić information content (AvgIpc) is 3.49. The first-order valence-electron chi connectivity index (χ1n) is 13.2. The van der Waals surface area contributed by atoms with E-state index in [2.05, 4.69) is 33.6 Å². The van der Waals surface area contributed by atoms with Crippen molar-refractivity contribution in [3.05, 3.63) is 101 Å². The molecule has 2 aromatic carbocycles. The minimum atomic E-state index is -0.264. The lowest BCUT2D eigenvalue weighted by atomic mass is 9.97. The molecule has 3 aliphatic rings. The van der Waals surface area contributed by atoms with E-state index in [-0.39, 0.29) is 30.0 Å². The van der Waals surface area contributed by atoms with E-state index < -0.39 is 0 Å². The number of halogens is 1. The maximum Gasteiger partial charge on any atom is 0.317 e. The molecule has 8 nitrogen and oxygen atoms in total. The van der Waals surface area contributed by atoms with Gasteiger partial charge in [0.05, 0.1) is 5.69 Å². The summed E-state index contributed by atoms with van der Waals surface area (Å²) in [4.78, 5) is 32.2. The zero-order valence-corrected chi connectivity index (χ0v) is 22.4. The van der Waals surface area contributed by atoms with Crippen molar-refractivity contribution in [3.63, 3.8) is 0 Å². The highest BCUT2D eigenvalue weighted by Gasteiger charge is 2.41. The minimum absolute atomic E-state index is 0.0359. The number of fused-ring (bicyclic) bond motifs is 1. The Labute approximate surface area is 231 Å². The molecule has 0 saturated carbocycles. The normalized spacial score (nSPS) is 20.9. The van der Waals surface area contributed by atoms with Crippen LogP contribution < -0.4 is 10.6 Å². The Kier molecular flexibility index (Phi) is 7.19. The second kappa shape index (κ2) is 11.1. The number of carbonyl (C=O) groups is 1. The summed E-state index contributed by atoms with van der Waals surface area (Å²) in [6, 6.07) is 18.2. The molecule has 4 heterocycles. The number of hydrogen-bond donors (Lipinski definition) is 2. The molecule has 39 heavy (non-hydrogen) atoms. The molecule has 2 atom stereocenters. The third-order valence-corrected chi connectivity index (χ3v) is 8.16. The molecule has 3 aliphatic heterocycles. The van der Waals surface area contributed by atoms with Crippen LogP contribution in [0, 0.1) is 5.82 Å². The van der Waals surface area contributed by atoms with Gasteiger partial charge in [0.25, 0.3) is 0 Å². The summed E-state index contributed by atoms with van der Waals surface area (Å²) in [7, 11) is 0. The van der Waals surface area contributed by atoms with E-state index in [0.717, 1.165) is 34.8 Å². The van der Waals surface area contributed by atoms with Crippen molar-refractivity contribution in [2.24, 2.45) is 4.99 Å². The summed E-state index contributed by atoms with van der Waals surface area (Å²) in [5, 5.41) is 7.43. The maximum absolute atomic E-state index is 13.6. The largest absolute Gasteiger partial charge is 0.351 e. The van der Waals surface area contributed by atoms with Crippen LogP contribution >= 0.6 is 11.8 Å². The summed E-state index contributed by atoms with van der Waals surface area (Å²) in [5.41, 5.74) is 2.88. The van der Waals surface area contributed by atoms with Crippen LogP contribution in [0.4, 0.5) is 15.1 Å². The summed E-state index contributed by atoms with van der Waals surface area (Å²) in [5.74, 6) is 0.304. The monoisotopic (exact) mass is 543 g/mol. The van der Waals surface area contributed by atoms with Crippen LogP contribution in [0.25, 0.3) is 0 Å². The van der Waals surface area contributed by atoms with E-state index in [1.165, 1.54) is 17.0 Å². The molecule has 6 rings (SSSR count). The van der Waals surface area contributed by atoms with Gasteiger partial charge in [-0.15, -0.1) is 0 Å². The second-order valence-corrected chi connectivity index (χ2v) is 11.2. The molecule has 0 spiro atoms. The van der Waals surface area contributed by atoms with Crippen molar-refractivity contribution < 1.29 is 9.18 Å². The Hall–Kier alpha value is -3.92. The predicted octanol–water partition coefficient (Wildman–Crippen LogP) is 5.46. The van der Waals surface area contributed by atoms with Crippen LogP contribution in [0.5, 0.6) is 0 Å². The van der Waals surface area contributed by atoms with E-state index >= 15 is 0 Å². The first-order valence-corrected chi connectivity index (χ1v) is 14.0. The highest BCUT2D eigenvalue weighted by atomic mass is 32.2. The lowest BCUT2D eigenvalue weighted by Crippen LogP contribution is -2.46. The second-order valence-electron chi connectivity index (χ2n) is 9.96. The van der Waals surface area contributed by atoms with Gasteiger partial charge in [0.15, 0.2) is 5.17 Å². The predicted molar refractivity (Wildman–Crippen MR) is 151 cm³/mol. The van der Waals surface area contributed by atoms with Crippen molar-refractivity contribution >= 4 is 28.9 Å². The van der Waals surface area contributed by atoms with Crippen molar-refractivity contribution in [3.8, 4) is 0 Å². The zero-order chi connectivity index (χ0) is 26.8. The number of piperidine rings is 1. The first-order chi connectivity index (χ1) is 19.0. The highest BCUT2D eigenvalue weighted by molar-refractivity contribution is 8.17. The number of carbonyl (C=O) groups excluding carboxylic acids is 1. The maximum atomic E-state index is 13.6. The minimum Gasteiger partial charge on any atom is -0.351 e. The van der Waals surface area contributed by atoms with Crippen molar-refractivity contribution in [1.29, 1.82) is 0 Å². The van der Waals surface area contributed by atoms with Gasteiger partial charge < -0.3 is 20.4 Å². The molecule has 200 valence electrons. The third-order valence-electron chi connectivity index (χ3n) is 7.24. The van der Waals surface area contributed by atoms with E-state index in [1.54, 1.807) is 30.1 Å². The molecule has 2 N–H and O–H groups in total. The molecule has 2 amide bonds. The van der Waals surface area contributed by atoms with Crippen LogP contribution in [-0.2, 0) is 6.54 Å². The zero-order valence-electron chi connectivity index (χ0n) is 21.6. The summed E-state index contributed by atoms with van der Waals surface area (Å²) < 4.78 is 13.6. The average molecular weight is 544 g/mol. The Morgan fingerprint density at radius 3 is 2.62 bits per heavy atom. The fourth-order valence-corrected chi connectivity index (χ4v) is 6.12. The molecule has 2 unspecified atom stereocenters. The number of likely N-dealkylation sites (tertiary alicyclic amines) is 1. The van der Waals surface area contributed by atoms with E-state index in [4.69, 9.17) is 9.98 Å². The molecular formula is C29H30FN7OS. The summed E-state index contributed by atoms with van der Waals surface area (Å²) in [6.07, 6.45) is 5.50. The van der Waals surface area contributed by atoms with E-state index in [0.29, 0.717) is 25.6 Å². The van der Waals surface area contributed by atoms with Gasteiger partial charge in [0, 0.05) is 43.0 Å². The number of amides is 2. The van der Waals surface area contributed by atoms with Crippen LogP contribution in [0.2, 0.25) is 0 Å². The van der Waals surface area contributed by atoms with Gasteiger partial charge >= 0.3 is 6.03 Å². The number of anilines is 1. The third kappa shape index (κ3) is 5.61. The molecule has 0 aliphatic carbocycles. The molecule has 1 fully saturated rings. The number of allylic oxidation sites excluding steroid dienone is 1. The number of urea groups is 1. The van der Waals surface area contributed by atoms with Crippen LogP contribution in [-0.4, -0.2) is 50.1 Å². The number of aromatic nitrogens is 2.